The summed E-state index contributed by atoms with van der Waals surface area (Å²) in [5, 5.41) is 10.5. The molecule has 0 spiro atoms. The Morgan fingerprint density at radius 3 is 2.73 bits per heavy atom. The van der Waals surface area contributed by atoms with E-state index in [0.717, 1.165) is 27.6 Å². The van der Waals surface area contributed by atoms with Gasteiger partial charge < -0.3 is 5.32 Å². The first-order valence-electron chi connectivity index (χ1n) is 7.78. The number of hydrogen-bond acceptors (Lipinski definition) is 3. The van der Waals surface area contributed by atoms with Gasteiger partial charge in [0.25, 0.3) is 5.91 Å². The number of rotatable bonds is 5. The molecule has 0 bridgehead atoms. The molecular weight excluding hydrogens is 408 g/mol. The largest absolute Gasteiger partial charge is 0.333 e. The molecular formula is C17H16BrF2N5O. The average molecular weight is 424 g/mol. The molecule has 2 aromatic heterocycles. The second kappa shape index (κ2) is 7.36. The van der Waals surface area contributed by atoms with Crippen molar-refractivity contribution in [1.82, 2.24) is 19.6 Å². The van der Waals surface area contributed by atoms with Crippen molar-refractivity contribution >= 4 is 27.5 Å². The van der Waals surface area contributed by atoms with Gasteiger partial charge in [0.15, 0.2) is 0 Å². The van der Waals surface area contributed by atoms with E-state index in [2.05, 4.69) is 31.4 Å². The molecule has 6 nitrogen and oxygen atoms in total. The lowest BCUT2D eigenvalue weighted by atomic mass is 10.2. The van der Waals surface area contributed by atoms with Gasteiger partial charge in [-0.25, -0.2) is 0 Å². The topological polar surface area (TPSA) is 64.7 Å². The van der Waals surface area contributed by atoms with Crippen molar-refractivity contribution in [3.05, 3.63) is 63.6 Å². The maximum Gasteiger partial charge on any atom is 0.333 e. The van der Waals surface area contributed by atoms with Gasteiger partial charge in [0.1, 0.15) is 5.69 Å². The van der Waals surface area contributed by atoms with Crippen LogP contribution in [0.25, 0.3) is 0 Å². The number of benzene rings is 1. The highest BCUT2D eigenvalue weighted by atomic mass is 79.9. The lowest BCUT2D eigenvalue weighted by Gasteiger charge is -2.10. The van der Waals surface area contributed by atoms with Crippen LogP contribution >= 0.6 is 15.9 Å². The molecule has 1 aromatic carbocycles. The summed E-state index contributed by atoms with van der Waals surface area (Å²) in [6, 6.07) is 8.42. The predicted octanol–water partition coefficient (Wildman–Crippen LogP) is 4.15. The van der Waals surface area contributed by atoms with E-state index in [1.54, 1.807) is 18.2 Å². The summed E-state index contributed by atoms with van der Waals surface area (Å²) in [5.41, 5.74) is 3.12. The Hall–Kier alpha value is -2.55. The molecule has 0 aliphatic rings. The van der Waals surface area contributed by atoms with E-state index in [-0.39, 0.29) is 5.69 Å². The molecule has 136 valence electrons. The molecule has 0 saturated heterocycles. The molecule has 1 N–H and O–H groups in total. The van der Waals surface area contributed by atoms with Crippen LogP contribution in [0.2, 0.25) is 0 Å². The number of aromatic nitrogens is 4. The molecule has 3 rings (SSSR count). The standard InChI is InChI=1S/C17H16BrF2N5O/c1-10-15(18)11(2)24(23-10)9-12-4-3-5-13(8-12)22-16(26)14-6-7-21-25(14)17(19)20/h3-8,17H,9H2,1-2H3,(H,22,26). The maximum absolute atomic E-state index is 12.8. The van der Waals surface area contributed by atoms with Crippen molar-refractivity contribution in [2.24, 2.45) is 0 Å². The molecule has 0 atom stereocenters. The zero-order valence-corrected chi connectivity index (χ0v) is 15.7. The SMILES string of the molecule is Cc1nn(Cc2cccc(NC(=O)c3ccnn3C(F)F)c2)c(C)c1Br. The number of carbonyl (C=O) groups excluding carboxylic acids is 1. The summed E-state index contributed by atoms with van der Waals surface area (Å²) >= 11 is 3.49. The van der Waals surface area contributed by atoms with Gasteiger partial charge in [0, 0.05) is 11.9 Å². The minimum absolute atomic E-state index is 0.201. The predicted molar refractivity (Wildman–Crippen MR) is 96.4 cm³/mol. The van der Waals surface area contributed by atoms with E-state index >= 15 is 0 Å². The first-order valence-corrected chi connectivity index (χ1v) is 8.57. The highest BCUT2D eigenvalue weighted by molar-refractivity contribution is 9.10. The van der Waals surface area contributed by atoms with Gasteiger partial charge >= 0.3 is 6.55 Å². The number of carbonyl (C=O) groups is 1. The smallest absolute Gasteiger partial charge is 0.321 e. The highest BCUT2D eigenvalue weighted by Crippen LogP contribution is 2.21. The van der Waals surface area contributed by atoms with Crippen LogP contribution in [0.5, 0.6) is 0 Å². The van der Waals surface area contributed by atoms with Gasteiger partial charge in [-0.05, 0) is 53.5 Å². The molecule has 1 amide bonds. The number of halogens is 3. The Labute approximate surface area is 156 Å². The van der Waals surface area contributed by atoms with Crippen molar-refractivity contribution in [2.45, 2.75) is 26.9 Å². The Bertz CT molecular complexity index is 951. The Morgan fingerprint density at radius 1 is 1.31 bits per heavy atom. The number of alkyl halides is 2. The molecule has 0 fully saturated rings. The van der Waals surface area contributed by atoms with Crippen LogP contribution < -0.4 is 5.32 Å². The zero-order chi connectivity index (χ0) is 18.8. The Morgan fingerprint density at radius 2 is 2.08 bits per heavy atom. The summed E-state index contributed by atoms with van der Waals surface area (Å²) < 4.78 is 28.9. The van der Waals surface area contributed by atoms with Gasteiger partial charge in [-0.2, -0.15) is 23.7 Å². The van der Waals surface area contributed by atoms with E-state index in [9.17, 15) is 13.6 Å². The van der Waals surface area contributed by atoms with Crippen LogP contribution in [0.1, 0.15) is 34.0 Å². The second-order valence-electron chi connectivity index (χ2n) is 5.74. The molecule has 9 heteroatoms. The fourth-order valence-electron chi connectivity index (χ4n) is 2.59. The summed E-state index contributed by atoms with van der Waals surface area (Å²) in [7, 11) is 0. The van der Waals surface area contributed by atoms with Crippen LogP contribution in [0.15, 0.2) is 41.0 Å². The normalized spacial score (nSPS) is 11.2. The van der Waals surface area contributed by atoms with E-state index in [1.165, 1.54) is 6.07 Å². The quantitative estimate of drug-likeness (QED) is 0.669. The minimum atomic E-state index is -2.87. The first kappa shape index (κ1) is 18.2. The van der Waals surface area contributed by atoms with Gasteiger partial charge in [-0.1, -0.05) is 12.1 Å². The Balaban J connectivity index is 1.78. The van der Waals surface area contributed by atoms with Gasteiger partial charge in [-0.15, -0.1) is 0 Å². The molecule has 0 saturated carbocycles. The number of aryl methyl sites for hydroxylation is 1. The average Bonchev–Trinajstić information content (AvgIpc) is 3.17. The van der Waals surface area contributed by atoms with Crippen LogP contribution in [-0.4, -0.2) is 25.5 Å². The summed E-state index contributed by atoms with van der Waals surface area (Å²) in [4.78, 5) is 12.2. The van der Waals surface area contributed by atoms with Crippen molar-refractivity contribution in [2.75, 3.05) is 5.32 Å². The number of hydrogen-bond donors (Lipinski definition) is 1. The third kappa shape index (κ3) is 3.67. The lowest BCUT2D eigenvalue weighted by Crippen LogP contribution is -2.18. The van der Waals surface area contributed by atoms with Crippen LogP contribution in [0.4, 0.5) is 14.5 Å². The van der Waals surface area contributed by atoms with Crippen molar-refractivity contribution in [3.63, 3.8) is 0 Å². The highest BCUT2D eigenvalue weighted by Gasteiger charge is 2.18. The number of nitrogens with zero attached hydrogens (tertiary/aromatic N) is 4. The van der Waals surface area contributed by atoms with E-state index < -0.39 is 12.5 Å². The fourth-order valence-corrected chi connectivity index (χ4v) is 2.88. The Kier molecular flexibility index (Phi) is 5.17. The van der Waals surface area contributed by atoms with Crippen LogP contribution in [0, 0.1) is 13.8 Å². The third-order valence-electron chi connectivity index (χ3n) is 3.90. The monoisotopic (exact) mass is 423 g/mol. The first-order chi connectivity index (χ1) is 12.4. The molecule has 0 aliphatic carbocycles. The van der Waals surface area contributed by atoms with Crippen LogP contribution in [0.3, 0.4) is 0 Å². The van der Waals surface area contributed by atoms with Crippen molar-refractivity contribution < 1.29 is 13.6 Å². The zero-order valence-electron chi connectivity index (χ0n) is 14.1. The molecule has 0 unspecified atom stereocenters. The molecule has 0 radical (unpaired) electrons. The molecule has 0 aliphatic heterocycles. The second-order valence-corrected chi connectivity index (χ2v) is 6.53. The van der Waals surface area contributed by atoms with E-state index in [4.69, 9.17) is 0 Å². The van der Waals surface area contributed by atoms with Gasteiger partial charge in [-0.3, -0.25) is 9.48 Å². The third-order valence-corrected chi connectivity index (χ3v) is 5.05. The molecule has 26 heavy (non-hydrogen) atoms. The number of nitrogens with one attached hydrogen (secondary N) is 1. The summed E-state index contributed by atoms with van der Waals surface area (Å²) in [6.45, 7) is 1.52. The minimum Gasteiger partial charge on any atom is -0.321 e. The molecule has 2 heterocycles. The summed E-state index contributed by atoms with van der Waals surface area (Å²) in [5.74, 6) is -0.645. The van der Waals surface area contributed by atoms with Crippen LogP contribution in [-0.2, 0) is 6.54 Å². The van der Waals surface area contributed by atoms with Gasteiger partial charge in [0.05, 0.1) is 22.4 Å². The van der Waals surface area contributed by atoms with Crippen molar-refractivity contribution in [3.8, 4) is 0 Å². The lowest BCUT2D eigenvalue weighted by molar-refractivity contribution is 0.0520. The fraction of sp³-hybridized carbons (Fsp3) is 0.235. The maximum atomic E-state index is 12.8. The van der Waals surface area contributed by atoms with Crippen molar-refractivity contribution in [1.29, 1.82) is 0 Å². The van der Waals surface area contributed by atoms with E-state index in [1.807, 2.05) is 24.6 Å². The molecule has 3 aromatic rings. The number of amides is 1. The summed E-state index contributed by atoms with van der Waals surface area (Å²) in [6.07, 6.45) is 1.16. The van der Waals surface area contributed by atoms with E-state index in [0.29, 0.717) is 16.9 Å². The number of anilines is 1. The van der Waals surface area contributed by atoms with Gasteiger partial charge in [0.2, 0.25) is 0 Å².